The van der Waals surface area contributed by atoms with Gasteiger partial charge in [-0.3, -0.25) is 0 Å². The Labute approximate surface area is 129 Å². The number of hydrogen-bond donors (Lipinski definition) is 2. The lowest BCUT2D eigenvalue weighted by atomic mass is 9.95. The Kier molecular flexibility index (Phi) is 4.96. The molecule has 5 nitrogen and oxygen atoms in total. The summed E-state index contributed by atoms with van der Waals surface area (Å²) < 4.78 is 5.08. The number of halogens is 1. The number of carbonyl (C=O) groups excluding carboxylic acids is 1. The topological polar surface area (TPSA) is 75.8 Å². The standard InChI is InChI=1S/C15H21ClN2O3/c1-3-21-15(20)11-6-10(17)7-12(16)14(11)18-5-4-9(2)13(19)8-18/h6-7,9,13,19H,3-5,8,17H2,1-2H3. The molecule has 1 aromatic rings. The van der Waals surface area contributed by atoms with Gasteiger partial charge in [0.2, 0.25) is 0 Å². The summed E-state index contributed by atoms with van der Waals surface area (Å²) in [4.78, 5) is 14.1. The SMILES string of the molecule is CCOC(=O)c1cc(N)cc(Cl)c1N1CCC(C)C(O)C1. The van der Waals surface area contributed by atoms with Gasteiger partial charge in [0.1, 0.15) is 0 Å². The number of benzene rings is 1. The van der Waals surface area contributed by atoms with Crippen molar-refractivity contribution in [2.75, 3.05) is 30.3 Å². The zero-order valence-corrected chi connectivity index (χ0v) is 13.1. The molecule has 2 rings (SSSR count). The minimum absolute atomic E-state index is 0.236. The van der Waals surface area contributed by atoms with Gasteiger partial charge in [0.15, 0.2) is 0 Å². The number of esters is 1. The third-order valence-electron chi connectivity index (χ3n) is 3.82. The van der Waals surface area contributed by atoms with Gasteiger partial charge in [-0.2, -0.15) is 0 Å². The molecule has 0 aromatic heterocycles. The van der Waals surface area contributed by atoms with E-state index in [1.54, 1.807) is 19.1 Å². The van der Waals surface area contributed by atoms with E-state index in [9.17, 15) is 9.90 Å². The number of β-amino-alcohol motifs (C(OH)–C–C–N with tert-alkyl or cyclic N) is 1. The van der Waals surface area contributed by atoms with E-state index in [1.165, 1.54) is 0 Å². The van der Waals surface area contributed by atoms with Crippen molar-refractivity contribution in [3.63, 3.8) is 0 Å². The van der Waals surface area contributed by atoms with Crippen molar-refractivity contribution in [3.8, 4) is 0 Å². The van der Waals surface area contributed by atoms with Crippen LogP contribution in [-0.2, 0) is 4.74 Å². The van der Waals surface area contributed by atoms with Crippen molar-refractivity contribution in [1.29, 1.82) is 0 Å². The number of anilines is 2. The molecule has 1 heterocycles. The van der Waals surface area contributed by atoms with Gasteiger partial charge in [0.25, 0.3) is 0 Å². The van der Waals surface area contributed by atoms with E-state index in [0.29, 0.717) is 28.5 Å². The molecular formula is C15H21ClN2O3. The van der Waals surface area contributed by atoms with Crippen molar-refractivity contribution in [1.82, 2.24) is 0 Å². The van der Waals surface area contributed by atoms with Crippen LogP contribution in [0.4, 0.5) is 11.4 Å². The van der Waals surface area contributed by atoms with Crippen LogP contribution < -0.4 is 10.6 Å². The lowest BCUT2D eigenvalue weighted by molar-refractivity contribution is 0.0526. The Balaban J connectivity index is 2.39. The number of nitrogens with zero attached hydrogens (tertiary/aromatic N) is 1. The Morgan fingerprint density at radius 3 is 2.90 bits per heavy atom. The monoisotopic (exact) mass is 312 g/mol. The normalized spacial score (nSPS) is 22.2. The second-order valence-electron chi connectivity index (χ2n) is 5.40. The second-order valence-corrected chi connectivity index (χ2v) is 5.81. The number of nitrogens with two attached hydrogens (primary N) is 1. The number of aliphatic hydroxyl groups excluding tert-OH is 1. The molecule has 116 valence electrons. The van der Waals surface area contributed by atoms with Gasteiger partial charge in [0, 0.05) is 18.8 Å². The van der Waals surface area contributed by atoms with Crippen molar-refractivity contribution >= 4 is 28.9 Å². The van der Waals surface area contributed by atoms with E-state index in [2.05, 4.69) is 0 Å². The minimum Gasteiger partial charge on any atom is -0.462 e. The van der Waals surface area contributed by atoms with E-state index < -0.39 is 12.1 Å². The van der Waals surface area contributed by atoms with E-state index in [4.69, 9.17) is 22.1 Å². The average Bonchev–Trinajstić information content (AvgIpc) is 2.41. The Hall–Kier alpha value is -1.46. The first-order valence-corrected chi connectivity index (χ1v) is 7.51. The third kappa shape index (κ3) is 3.41. The first kappa shape index (κ1) is 15.9. The van der Waals surface area contributed by atoms with Gasteiger partial charge in [-0.1, -0.05) is 18.5 Å². The maximum absolute atomic E-state index is 12.1. The lowest BCUT2D eigenvalue weighted by Crippen LogP contribution is -2.43. The highest BCUT2D eigenvalue weighted by Crippen LogP contribution is 2.35. The molecule has 1 aromatic carbocycles. The smallest absolute Gasteiger partial charge is 0.340 e. The summed E-state index contributed by atoms with van der Waals surface area (Å²) in [6.45, 7) is 5.21. The molecule has 1 saturated heterocycles. The molecule has 6 heteroatoms. The van der Waals surface area contributed by atoms with E-state index in [1.807, 2.05) is 11.8 Å². The number of ether oxygens (including phenoxy) is 1. The van der Waals surface area contributed by atoms with Crippen molar-refractivity contribution in [2.24, 2.45) is 5.92 Å². The quantitative estimate of drug-likeness (QED) is 0.661. The molecule has 0 spiro atoms. The van der Waals surface area contributed by atoms with Gasteiger partial charge in [-0.15, -0.1) is 0 Å². The van der Waals surface area contributed by atoms with Crippen molar-refractivity contribution < 1.29 is 14.6 Å². The fraction of sp³-hybridized carbons (Fsp3) is 0.533. The van der Waals surface area contributed by atoms with Crippen LogP contribution in [0.2, 0.25) is 5.02 Å². The zero-order chi connectivity index (χ0) is 15.6. The fourth-order valence-electron chi connectivity index (χ4n) is 2.56. The summed E-state index contributed by atoms with van der Waals surface area (Å²) >= 11 is 6.29. The van der Waals surface area contributed by atoms with Crippen LogP contribution in [0.5, 0.6) is 0 Å². The summed E-state index contributed by atoms with van der Waals surface area (Å²) in [7, 11) is 0. The Morgan fingerprint density at radius 1 is 1.57 bits per heavy atom. The van der Waals surface area contributed by atoms with Crippen LogP contribution in [-0.4, -0.2) is 36.9 Å². The number of carbonyl (C=O) groups is 1. The maximum atomic E-state index is 12.1. The molecule has 3 N–H and O–H groups in total. The van der Waals surface area contributed by atoms with E-state index in [-0.39, 0.29) is 12.5 Å². The van der Waals surface area contributed by atoms with Gasteiger partial charge < -0.3 is 20.5 Å². The first-order chi connectivity index (χ1) is 9.93. The highest BCUT2D eigenvalue weighted by Gasteiger charge is 2.29. The molecule has 1 aliphatic rings. The lowest BCUT2D eigenvalue weighted by Gasteiger charge is -2.37. The molecule has 0 radical (unpaired) electrons. The number of hydrogen-bond acceptors (Lipinski definition) is 5. The number of rotatable bonds is 3. The zero-order valence-electron chi connectivity index (χ0n) is 12.3. The molecule has 0 bridgehead atoms. The maximum Gasteiger partial charge on any atom is 0.340 e. The summed E-state index contributed by atoms with van der Waals surface area (Å²) in [6, 6.07) is 3.19. The molecule has 21 heavy (non-hydrogen) atoms. The number of piperidine rings is 1. The van der Waals surface area contributed by atoms with Crippen LogP contribution >= 0.6 is 11.6 Å². The summed E-state index contributed by atoms with van der Waals surface area (Å²) in [5, 5.41) is 10.5. The predicted octanol–water partition coefficient (Wildman–Crippen LogP) is 2.31. The molecule has 0 aliphatic carbocycles. The highest BCUT2D eigenvalue weighted by molar-refractivity contribution is 6.34. The number of aliphatic hydroxyl groups is 1. The molecule has 2 unspecified atom stereocenters. The Bertz CT molecular complexity index is 536. The predicted molar refractivity (Wildman–Crippen MR) is 83.8 cm³/mol. The van der Waals surface area contributed by atoms with Crippen molar-refractivity contribution in [3.05, 3.63) is 22.7 Å². The molecule has 0 saturated carbocycles. The van der Waals surface area contributed by atoms with E-state index in [0.717, 1.165) is 13.0 Å². The average molecular weight is 313 g/mol. The summed E-state index contributed by atoms with van der Waals surface area (Å²) in [6.07, 6.45) is 0.395. The molecule has 0 amide bonds. The Morgan fingerprint density at radius 2 is 2.29 bits per heavy atom. The van der Waals surface area contributed by atoms with Crippen LogP contribution in [0.1, 0.15) is 30.6 Å². The molecule has 1 fully saturated rings. The van der Waals surface area contributed by atoms with Crippen LogP contribution in [0, 0.1) is 5.92 Å². The molecular weight excluding hydrogens is 292 g/mol. The van der Waals surface area contributed by atoms with Crippen LogP contribution in [0.15, 0.2) is 12.1 Å². The largest absolute Gasteiger partial charge is 0.462 e. The van der Waals surface area contributed by atoms with E-state index >= 15 is 0 Å². The molecule has 1 aliphatic heterocycles. The highest BCUT2D eigenvalue weighted by atomic mass is 35.5. The number of nitrogen functional groups attached to an aromatic ring is 1. The minimum atomic E-state index is -0.449. The van der Waals surface area contributed by atoms with Crippen molar-refractivity contribution in [2.45, 2.75) is 26.4 Å². The van der Waals surface area contributed by atoms with Crippen LogP contribution in [0.25, 0.3) is 0 Å². The second kappa shape index (κ2) is 6.54. The van der Waals surface area contributed by atoms with Gasteiger partial charge in [0.05, 0.1) is 29.0 Å². The first-order valence-electron chi connectivity index (χ1n) is 7.13. The third-order valence-corrected chi connectivity index (χ3v) is 4.10. The van der Waals surface area contributed by atoms with Gasteiger partial charge >= 0.3 is 5.97 Å². The fourth-order valence-corrected chi connectivity index (χ4v) is 2.91. The molecule has 2 atom stereocenters. The van der Waals surface area contributed by atoms with Gasteiger partial charge in [-0.05, 0) is 31.4 Å². The van der Waals surface area contributed by atoms with Crippen LogP contribution in [0.3, 0.4) is 0 Å². The van der Waals surface area contributed by atoms with Gasteiger partial charge in [-0.25, -0.2) is 4.79 Å². The summed E-state index contributed by atoms with van der Waals surface area (Å²) in [5.74, 6) is -0.213. The summed E-state index contributed by atoms with van der Waals surface area (Å²) in [5.41, 5.74) is 7.14.